The van der Waals surface area contributed by atoms with Gasteiger partial charge in [-0.2, -0.15) is 0 Å². The van der Waals surface area contributed by atoms with Gasteiger partial charge in [0.25, 0.3) is 0 Å². The normalized spacial score (nSPS) is 11.7. The molecule has 0 unspecified atom stereocenters. The van der Waals surface area contributed by atoms with Crippen molar-refractivity contribution < 1.29 is 14.0 Å². The first-order valence-corrected chi connectivity index (χ1v) is 11.0. The summed E-state index contributed by atoms with van der Waals surface area (Å²) in [6, 6.07) is 13.6. The van der Waals surface area contributed by atoms with E-state index in [-0.39, 0.29) is 29.9 Å². The molecule has 6 heteroatoms. The van der Waals surface area contributed by atoms with Crippen LogP contribution >= 0.6 is 11.8 Å². The van der Waals surface area contributed by atoms with Crippen LogP contribution < -0.4 is 5.32 Å². The van der Waals surface area contributed by atoms with Crippen LogP contribution in [0.4, 0.5) is 4.39 Å². The van der Waals surface area contributed by atoms with Gasteiger partial charge in [0.1, 0.15) is 11.9 Å². The molecule has 0 saturated heterocycles. The van der Waals surface area contributed by atoms with Crippen molar-refractivity contribution in [3.05, 3.63) is 71.0 Å². The number of rotatable bonds is 10. The zero-order valence-electron chi connectivity index (χ0n) is 17.3. The monoisotopic (exact) mass is 416 g/mol. The molecule has 0 aliphatic heterocycles. The van der Waals surface area contributed by atoms with Crippen LogP contribution in [0.1, 0.15) is 37.0 Å². The summed E-state index contributed by atoms with van der Waals surface area (Å²) < 4.78 is 13.2. The molecule has 2 aromatic carbocycles. The number of carbonyl (C=O) groups is 2. The Balaban J connectivity index is 2.04. The summed E-state index contributed by atoms with van der Waals surface area (Å²) in [6.45, 7) is 6.60. The van der Waals surface area contributed by atoms with Crippen molar-refractivity contribution in [2.75, 3.05) is 12.3 Å². The lowest BCUT2D eigenvalue weighted by Crippen LogP contribution is -2.48. The second kappa shape index (κ2) is 11.6. The topological polar surface area (TPSA) is 49.4 Å². The van der Waals surface area contributed by atoms with Gasteiger partial charge in [-0.3, -0.25) is 9.59 Å². The molecule has 0 aromatic heterocycles. The van der Waals surface area contributed by atoms with Crippen molar-refractivity contribution >= 4 is 23.6 Å². The summed E-state index contributed by atoms with van der Waals surface area (Å²) in [5, 5.41) is 2.85. The van der Waals surface area contributed by atoms with E-state index in [1.54, 1.807) is 24.0 Å². The molecular weight excluding hydrogens is 387 g/mol. The van der Waals surface area contributed by atoms with Crippen LogP contribution in [0.25, 0.3) is 0 Å². The average Bonchev–Trinajstić information content (AvgIpc) is 2.71. The van der Waals surface area contributed by atoms with Gasteiger partial charge in [-0.15, -0.1) is 11.8 Å². The number of thioether (sulfide) groups is 1. The van der Waals surface area contributed by atoms with Crippen molar-refractivity contribution in [2.45, 2.75) is 45.5 Å². The predicted molar refractivity (Wildman–Crippen MR) is 117 cm³/mol. The number of hydrogen-bond donors (Lipinski definition) is 1. The molecule has 0 aliphatic rings. The summed E-state index contributed by atoms with van der Waals surface area (Å²) in [7, 11) is 0. The molecule has 0 aliphatic carbocycles. The van der Waals surface area contributed by atoms with Gasteiger partial charge in [0.15, 0.2) is 0 Å². The Kier molecular flexibility index (Phi) is 9.19. The molecule has 2 rings (SSSR count). The van der Waals surface area contributed by atoms with E-state index in [0.717, 1.165) is 17.7 Å². The summed E-state index contributed by atoms with van der Waals surface area (Å²) in [4.78, 5) is 27.0. The number of benzene rings is 2. The smallest absolute Gasteiger partial charge is 0.242 e. The van der Waals surface area contributed by atoms with Gasteiger partial charge in [-0.25, -0.2) is 4.39 Å². The minimum absolute atomic E-state index is 0.105. The molecule has 0 spiro atoms. The number of carbonyl (C=O) groups excluding carboxylic acids is 2. The van der Waals surface area contributed by atoms with Crippen molar-refractivity contribution in [1.29, 1.82) is 0 Å². The fraction of sp³-hybridized carbons (Fsp3) is 0.391. The van der Waals surface area contributed by atoms with Gasteiger partial charge in [0.05, 0.1) is 5.75 Å². The van der Waals surface area contributed by atoms with E-state index in [1.807, 2.05) is 32.0 Å². The van der Waals surface area contributed by atoms with E-state index in [9.17, 15) is 14.0 Å². The molecular formula is C23H29FN2O2S. The predicted octanol–water partition coefficient (Wildman–Crippen LogP) is 4.31. The van der Waals surface area contributed by atoms with Gasteiger partial charge < -0.3 is 10.2 Å². The van der Waals surface area contributed by atoms with E-state index in [0.29, 0.717) is 6.54 Å². The number of amides is 2. The van der Waals surface area contributed by atoms with Crippen LogP contribution in [0.2, 0.25) is 0 Å². The lowest BCUT2D eigenvalue weighted by atomic mass is 10.1. The SMILES string of the molecule is CCCNC(=O)[C@@H](C)N(Cc1ccc(F)cc1)C(=O)CSCc1cccc(C)c1. The third-order valence-electron chi connectivity index (χ3n) is 4.56. The van der Waals surface area contributed by atoms with Gasteiger partial charge >= 0.3 is 0 Å². The molecule has 0 saturated carbocycles. The Morgan fingerprint density at radius 2 is 1.86 bits per heavy atom. The lowest BCUT2D eigenvalue weighted by Gasteiger charge is -2.28. The molecule has 156 valence electrons. The molecule has 29 heavy (non-hydrogen) atoms. The minimum atomic E-state index is -0.598. The Hall–Kier alpha value is -2.34. The zero-order valence-corrected chi connectivity index (χ0v) is 18.1. The Morgan fingerprint density at radius 3 is 2.52 bits per heavy atom. The first kappa shape index (κ1) is 22.9. The number of nitrogens with one attached hydrogen (secondary N) is 1. The zero-order chi connectivity index (χ0) is 21.2. The number of hydrogen-bond acceptors (Lipinski definition) is 3. The van der Waals surface area contributed by atoms with E-state index >= 15 is 0 Å². The van der Waals surface area contributed by atoms with Crippen LogP contribution in [0.15, 0.2) is 48.5 Å². The highest BCUT2D eigenvalue weighted by Crippen LogP contribution is 2.17. The lowest BCUT2D eigenvalue weighted by molar-refractivity contribution is -0.138. The van der Waals surface area contributed by atoms with Crippen LogP contribution in [0.3, 0.4) is 0 Å². The molecule has 0 heterocycles. The molecule has 1 N–H and O–H groups in total. The second-order valence-corrected chi connectivity index (χ2v) is 8.08. The van der Waals surface area contributed by atoms with Crippen molar-refractivity contribution in [3.63, 3.8) is 0 Å². The summed E-state index contributed by atoms with van der Waals surface area (Å²) >= 11 is 1.53. The van der Waals surface area contributed by atoms with E-state index in [2.05, 4.69) is 11.4 Å². The molecule has 2 aromatic rings. The largest absolute Gasteiger partial charge is 0.354 e. The summed E-state index contributed by atoms with van der Waals surface area (Å²) in [5.41, 5.74) is 3.15. The highest BCUT2D eigenvalue weighted by Gasteiger charge is 2.25. The number of nitrogens with zero attached hydrogens (tertiary/aromatic N) is 1. The van der Waals surface area contributed by atoms with Crippen molar-refractivity contribution in [1.82, 2.24) is 10.2 Å². The third-order valence-corrected chi connectivity index (χ3v) is 5.55. The number of aryl methyl sites for hydroxylation is 1. The molecule has 1 atom stereocenters. The standard InChI is InChI=1S/C23H29FN2O2S/c1-4-12-25-23(28)18(3)26(14-19-8-10-21(24)11-9-19)22(27)16-29-15-20-7-5-6-17(2)13-20/h5-11,13,18H,4,12,14-16H2,1-3H3,(H,25,28)/t18-/m1/s1. The summed E-state index contributed by atoms with van der Waals surface area (Å²) in [5.74, 6) is 0.403. The number of halogens is 1. The fourth-order valence-corrected chi connectivity index (χ4v) is 3.76. The fourth-order valence-electron chi connectivity index (χ4n) is 2.91. The van der Waals surface area contributed by atoms with Crippen LogP contribution in [-0.4, -0.2) is 35.1 Å². The average molecular weight is 417 g/mol. The van der Waals surface area contributed by atoms with Gasteiger partial charge in [-0.05, 0) is 43.5 Å². The van der Waals surface area contributed by atoms with Crippen LogP contribution in [-0.2, 0) is 21.9 Å². The van der Waals surface area contributed by atoms with Gasteiger partial charge in [0.2, 0.25) is 11.8 Å². The highest BCUT2D eigenvalue weighted by molar-refractivity contribution is 7.99. The van der Waals surface area contributed by atoms with Crippen molar-refractivity contribution in [2.24, 2.45) is 0 Å². The maximum Gasteiger partial charge on any atom is 0.242 e. The van der Waals surface area contributed by atoms with E-state index < -0.39 is 6.04 Å². The maximum absolute atomic E-state index is 13.2. The van der Waals surface area contributed by atoms with Crippen molar-refractivity contribution in [3.8, 4) is 0 Å². The minimum Gasteiger partial charge on any atom is -0.354 e. The molecule has 4 nitrogen and oxygen atoms in total. The van der Waals surface area contributed by atoms with Gasteiger partial charge in [0, 0.05) is 18.8 Å². The van der Waals surface area contributed by atoms with Crippen LogP contribution in [0, 0.1) is 12.7 Å². The maximum atomic E-state index is 13.2. The molecule has 2 amide bonds. The van der Waals surface area contributed by atoms with E-state index in [4.69, 9.17) is 0 Å². The Bertz CT molecular complexity index is 811. The molecule has 0 bridgehead atoms. The molecule has 0 fully saturated rings. The Morgan fingerprint density at radius 1 is 1.14 bits per heavy atom. The summed E-state index contributed by atoms with van der Waals surface area (Å²) in [6.07, 6.45) is 0.830. The quantitative estimate of drug-likeness (QED) is 0.628. The Labute approximate surface area is 176 Å². The molecule has 0 radical (unpaired) electrons. The van der Waals surface area contributed by atoms with Crippen LogP contribution in [0.5, 0.6) is 0 Å². The van der Waals surface area contributed by atoms with E-state index in [1.165, 1.54) is 35.0 Å². The first-order valence-electron chi connectivity index (χ1n) is 9.85. The third kappa shape index (κ3) is 7.54. The van der Waals surface area contributed by atoms with Gasteiger partial charge in [-0.1, -0.05) is 48.9 Å². The highest BCUT2D eigenvalue weighted by atomic mass is 32.2. The first-order chi connectivity index (χ1) is 13.9. The second-order valence-electron chi connectivity index (χ2n) is 7.10.